The van der Waals surface area contributed by atoms with Gasteiger partial charge in [0.15, 0.2) is 0 Å². The Labute approximate surface area is 465 Å². The van der Waals surface area contributed by atoms with Gasteiger partial charge in [-0.05, 0) is 104 Å². The van der Waals surface area contributed by atoms with Crippen molar-refractivity contribution in [3.8, 4) is 0 Å². The van der Waals surface area contributed by atoms with E-state index in [4.69, 9.17) is 9.47 Å². The molecule has 24 heteroatoms. The summed E-state index contributed by atoms with van der Waals surface area (Å²) < 4.78 is 10.3. The number of carbonyl (C=O) groups excluding carboxylic acids is 4. The van der Waals surface area contributed by atoms with Gasteiger partial charge in [-0.2, -0.15) is 0 Å². The summed E-state index contributed by atoms with van der Waals surface area (Å²) in [4.78, 5) is 141. The van der Waals surface area contributed by atoms with Crippen molar-refractivity contribution in [2.75, 3.05) is 0 Å². The van der Waals surface area contributed by atoms with E-state index in [2.05, 4.69) is 19.9 Å². The normalized spacial score (nSPS) is 11.1. The Morgan fingerprint density at radius 3 is 0.893 bits per heavy atom. The molecule has 0 aliphatic rings. The largest absolute Gasteiger partial charge is 0.478 e. The van der Waals surface area contributed by atoms with E-state index in [0.29, 0.717) is 53.9 Å². The Hall–Kier alpha value is -12.6. The minimum absolute atomic E-state index is 0.0186. The second-order valence-electron chi connectivity index (χ2n) is 18.5. The molecule has 0 fully saturated rings. The zero-order valence-electron chi connectivity index (χ0n) is 42.2. The van der Waals surface area contributed by atoms with E-state index in [0.717, 1.165) is 24.3 Å². The van der Waals surface area contributed by atoms with Crippen LogP contribution in [0.2, 0.25) is 0 Å². The highest BCUT2D eigenvalue weighted by Crippen LogP contribution is 2.39. The maximum atomic E-state index is 13.6. The number of aromatic nitrogens is 4. The predicted octanol–water partition coefficient (Wildman–Crippen LogP) is 10.8. The number of hydrogen-bond donors (Lipinski definition) is 4. The number of benzene rings is 8. The van der Waals surface area contributed by atoms with Crippen LogP contribution < -0.4 is 0 Å². The molecule has 0 aliphatic heterocycles. The highest BCUT2D eigenvalue weighted by atomic mass is 16.6. The van der Waals surface area contributed by atoms with Crippen LogP contribution in [-0.2, 0) is 9.47 Å². The highest BCUT2D eigenvalue weighted by molar-refractivity contribution is 6.27. The van der Waals surface area contributed by atoms with Crippen molar-refractivity contribution < 1.29 is 78.1 Å². The Bertz CT molecular complexity index is 4730. The zero-order chi connectivity index (χ0) is 59.4. The van der Waals surface area contributed by atoms with Gasteiger partial charge in [0.1, 0.15) is 0 Å². The molecule has 0 radical (unpaired) electrons. The molecule has 0 spiro atoms. The lowest BCUT2D eigenvalue weighted by molar-refractivity contribution is -0.384. The fraction of sp³-hybridized carbons (Fsp3) is 0. The molecule has 0 bridgehead atoms. The van der Waals surface area contributed by atoms with Gasteiger partial charge in [-0.15, -0.1) is 0 Å². The third-order valence-corrected chi connectivity index (χ3v) is 13.8. The monoisotopic (exact) mass is 1120 g/mol. The molecule has 0 atom stereocenters. The topological polar surface area (TPSA) is 374 Å². The van der Waals surface area contributed by atoms with Crippen molar-refractivity contribution in [2.45, 2.75) is 0 Å². The molecule has 84 heavy (non-hydrogen) atoms. The van der Waals surface area contributed by atoms with Gasteiger partial charge in [0.05, 0.1) is 54.4 Å². The summed E-state index contributed by atoms with van der Waals surface area (Å²) in [6.07, 6.45) is 11.5. The van der Waals surface area contributed by atoms with Crippen LogP contribution in [0.25, 0.3) is 86.2 Å². The number of nitro benzene ring substituents is 2. The molecule has 24 nitrogen and oxygen atoms in total. The summed E-state index contributed by atoms with van der Waals surface area (Å²) in [5, 5.41) is 67.6. The van der Waals surface area contributed by atoms with Gasteiger partial charge in [0, 0.05) is 117 Å². The molecule has 12 aromatic rings. The van der Waals surface area contributed by atoms with E-state index < -0.39 is 91.2 Å². The predicted molar refractivity (Wildman–Crippen MR) is 298 cm³/mol. The molecule has 4 heterocycles. The molecule has 408 valence electrons. The molecule has 0 aliphatic carbocycles. The lowest BCUT2D eigenvalue weighted by atomic mass is 9.93. The third-order valence-electron chi connectivity index (χ3n) is 13.8. The number of fused-ring (bicyclic) bond motifs is 12. The first-order valence-corrected chi connectivity index (χ1v) is 24.3. The summed E-state index contributed by atoms with van der Waals surface area (Å²) >= 11 is 0. The summed E-state index contributed by atoms with van der Waals surface area (Å²) in [7, 11) is 0. The van der Waals surface area contributed by atoms with E-state index in [1.807, 2.05) is 0 Å². The first-order chi connectivity index (χ1) is 40.3. The number of carbonyl (C=O) groups is 8. The number of carboxylic acids is 4. The number of ether oxygens (including phenoxy) is 2. The van der Waals surface area contributed by atoms with Gasteiger partial charge in [-0.1, -0.05) is 24.3 Å². The van der Waals surface area contributed by atoms with Crippen molar-refractivity contribution in [3.05, 3.63) is 224 Å². The molecule has 0 unspecified atom stereocenters. The summed E-state index contributed by atoms with van der Waals surface area (Å²) in [5.41, 5.74) is -4.01. The summed E-state index contributed by atoms with van der Waals surface area (Å²) in [5.74, 6) is -10.7. The Morgan fingerprint density at radius 1 is 0.333 bits per heavy atom. The van der Waals surface area contributed by atoms with Crippen LogP contribution in [0.5, 0.6) is 0 Å². The number of rotatable bonds is 10. The number of pyridine rings is 4. The number of esters is 4. The molecule has 0 amide bonds. The molecular weight excluding hydrogens is 1090 g/mol. The number of aromatic carboxylic acids is 4. The molecular formula is C60H30N6O18. The molecule has 0 saturated heterocycles. The van der Waals surface area contributed by atoms with Crippen molar-refractivity contribution in [1.29, 1.82) is 0 Å². The molecule has 8 aromatic carbocycles. The summed E-state index contributed by atoms with van der Waals surface area (Å²) in [6.45, 7) is 0. The van der Waals surface area contributed by atoms with Crippen LogP contribution in [0.1, 0.15) is 82.9 Å². The first kappa shape index (κ1) is 53.4. The van der Waals surface area contributed by atoms with E-state index >= 15 is 0 Å². The fourth-order valence-electron chi connectivity index (χ4n) is 10.3. The number of nitro groups is 2. The smallest absolute Gasteiger partial charge is 0.346 e. The van der Waals surface area contributed by atoms with E-state index in [1.165, 1.54) is 85.7 Å². The van der Waals surface area contributed by atoms with Crippen LogP contribution in [-0.4, -0.2) is 98.0 Å². The minimum Gasteiger partial charge on any atom is -0.478 e. The van der Waals surface area contributed by atoms with Gasteiger partial charge in [-0.3, -0.25) is 40.2 Å². The van der Waals surface area contributed by atoms with Crippen LogP contribution in [0.4, 0.5) is 11.4 Å². The van der Waals surface area contributed by atoms with E-state index in [-0.39, 0.29) is 54.6 Å². The summed E-state index contributed by atoms with van der Waals surface area (Å²) in [6, 6.07) is 24.4. The fourth-order valence-corrected chi connectivity index (χ4v) is 10.3. The zero-order valence-corrected chi connectivity index (χ0v) is 42.2. The molecule has 4 N–H and O–H groups in total. The maximum Gasteiger partial charge on any atom is 0.346 e. The van der Waals surface area contributed by atoms with Crippen LogP contribution in [0.15, 0.2) is 159 Å². The van der Waals surface area contributed by atoms with Crippen molar-refractivity contribution in [2.24, 2.45) is 0 Å². The Kier molecular flexibility index (Phi) is 13.3. The minimum atomic E-state index is -1.52. The van der Waals surface area contributed by atoms with E-state index in [1.54, 1.807) is 48.8 Å². The lowest BCUT2D eigenvalue weighted by Crippen LogP contribution is -2.16. The first-order valence-electron chi connectivity index (χ1n) is 24.3. The molecule has 12 rings (SSSR count). The van der Waals surface area contributed by atoms with Crippen LogP contribution >= 0.6 is 0 Å². The van der Waals surface area contributed by atoms with Gasteiger partial charge in [0.2, 0.25) is 0 Å². The van der Waals surface area contributed by atoms with Crippen LogP contribution in [0.3, 0.4) is 0 Å². The van der Waals surface area contributed by atoms with E-state index in [9.17, 15) is 79.0 Å². The quantitative estimate of drug-likeness (QED) is 0.0325. The second-order valence-corrected chi connectivity index (χ2v) is 18.5. The van der Waals surface area contributed by atoms with Crippen molar-refractivity contribution in [1.82, 2.24) is 19.9 Å². The average Bonchev–Trinajstić information content (AvgIpc) is 1.23. The second kappa shape index (κ2) is 20.9. The molecule has 0 saturated carbocycles. The Balaban J connectivity index is 0.000000177. The third kappa shape index (κ3) is 9.25. The van der Waals surface area contributed by atoms with Crippen molar-refractivity contribution in [3.63, 3.8) is 0 Å². The van der Waals surface area contributed by atoms with Gasteiger partial charge < -0.3 is 29.9 Å². The Morgan fingerprint density at radius 2 is 0.607 bits per heavy atom. The number of non-ortho nitro benzene ring substituents is 2. The van der Waals surface area contributed by atoms with Gasteiger partial charge in [-0.25, -0.2) is 38.4 Å². The number of hydrogen-bond acceptors (Lipinski definition) is 18. The lowest BCUT2D eigenvalue weighted by Gasteiger charge is -2.13. The van der Waals surface area contributed by atoms with Crippen molar-refractivity contribution >= 4 is 145 Å². The highest BCUT2D eigenvalue weighted by Gasteiger charge is 2.31. The molecule has 4 aromatic heterocycles. The SMILES string of the molecule is O=C(O)c1cc2cnccc2c2cc([N+](=O)[O-])cc(C(=O)OC(=O)c3cc([N+](=O)[O-])cc4c3c(C(=O)O)cc3cnccc34)c12.O=C(O)c1cc2cnccc2c2cccc(C(=O)OC(=O)c3cccc4c3c(C(=O)O)cc3cnccc34)c12. The maximum absolute atomic E-state index is 13.6. The van der Waals surface area contributed by atoms with Gasteiger partial charge >= 0.3 is 47.8 Å². The number of carboxylic acid groups (broad SMARTS) is 4. The van der Waals surface area contributed by atoms with Crippen LogP contribution in [0, 0.1) is 20.2 Å². The standard InChI is InChI=1S/C30H14N4O11.C30H16N2O7/c35-27(36)21-5-13-11-31-3-1-17(13)19-7-15(33(41)42)9-23(25(19)21)29(39)45-30(40)24-10-16(34(43)44)8-20-18-2-4-32-12-14(18)6-22(26(20)24)28(37)38;33-27(34)23-11-15-13-31-9-7-17(15)19-3-1-5-21(25(19)23)29(37)39-30(38)22-6-2-4-20-18-8-10-32-14-16(18)12-24(26(20)22)28(35)36/h1-12H,(H,35,36)(H,37,38);1-14H,(H,33,34)(H,35,36). The number of nitrogens with zero attached hydrogens (tertiary/aromatic N) is 6. The van der Waals surface area contributed by atoms with Gasteiger partial charge in [0.25, 0.3) is 11.4 Å². The average molecular weight is 1120 g/mol.